The molecule has 0 spiro atoms. The van der Waals surface area contributed by atoms with Crippen LogP contribution in [0.1, 0.15) is 34.6 Å². The van der Waals surface area contributed by atoms with Crippen molar-refractivity contribution >= 4 is 39.3 Å². The van der Waals surface area contributed by atoms with Crippen LogP contribution in [0.5, 0.6) is 0 Å². The summed E-state index contributed by atoms with van der Waals surface area (Å²) >= 11 is 9.10. The van der Waals surface area contributed by atoms with Crippen LogP contribution in [0.25, 0.3) is 0 Å². The Balaban J connectivity index is 3.10. The van der Waals surface area contributed by atoms with Gasteiger partial charge in [-0.15, -0.1) is 0 Å². The molecule has 0 saturated carbocycles. The quantitative estimate of drug-likeness (QED) is 0.485. The number of hydrogen-bond donors (Lipinski definition) is 0. The maximum absolute atomic E-state index is 11.8. The zero-order chi connectivity index (χ0) is 13.0. The number of Topliss-reactive ketones (excluding diaryl/α,β-unsaturated/α-hetero) is 1. The van der Waals surface area contributed by atoms with Gasteiger partial charge in [0.2, 0.25) is 0 Å². The molecule has 0 N–H and O–H groups in total. The number of rotatable bonds is 4. The number of benzene rings is 1. The Hall–Kier alpha value is -0.870. The molecule has 0 fully saturated rings. The highest BCUT2D eigenvalue weighted by Gasteiger charge is 2.18. The lowest BCUT2D eigenvalue weighted by Crippen LogP contribution is -2.12. The molecule has 0 aliphatic rings. The first-order chi connectivity index (χ1) is 7.97. The van der Waals surface area contributed by atoms with Gasteiger partial charge < -0.3 is 4.74 Å². The van der Waals surface area contributed by atoms with Crippen molar-refractivity contribution in [1.29, 1.82) is 0 Å². The lowest BCUT2D eigenvalue weighted by Gasteiger charge is -2.07. The van der Waals surface area contributed by atoms with E-state index in [4.69, 9.17) is 16.3 Å². The van der Waals surface area contributed by atoms with Crippen molar-refractivity contribution in [3.8, 4) is 0 Å². The number of carbonyl (C=O) groups is 2. The summed E-state index contributed by atoms with van der Waals surface area (Å²) in [4.78, 5) is 23.0. The monoisotopic (exact) mass is 318 g/mol. The van der Waals surface area contributed by atoms with E-state index in [1.165, 1.54) is 18.2 Å². The predicted molar refractivity (Wildman–Crippen MR) is 70.1 cm³/mol. The second-order valence-corrected chi connectivity index (χ2v) is 5.18. The highest BCUT2D eigenvalue weighted by molar-refractivity contribution is 9.10. The van der Waals surface area contributed by atoms with E-state index in [1.807, 2.05) is 0 Å². The van der Waals surface area contributed by atoms with E-state index in [-0.39, 0.29) is 10.6 Å². The number of alkyl halides is 1. The van der Waals surface area contributed by atoms with Crippen molar-refractivity contribution in [1.82, 2.24) is 0 Å². The van der Waals surface area contributed by atoms with E-state index in [9.17, 15) is 9.59 Å². The molecule has 1 atom stereocenters. The first-order valence-electron chi connectivity index (χ1n) is 5.12. The number of ketones is 1. The molecule has 0 radical (unpaired) electrons. The summed E-state index contributed by atoms with van der Waals surface area (Å²) in [5, 5.41) is 0.328. The smallest absolute Gasteiger partial charge is 0.338 e. The number of hydrogen-bond acceptors (Lipinski definition) is 3. The number of halogens is 2. The standard InChI is InChI=1S/C12H12BrClO3/c1-3-17-12(16)8-4-5-10(14)9(6-8)11(15)7(2)13/h4-7H,3H2,1-2H3. The summed E-state index contributed by atoms with van der Waals surface area (Å²) in [6.45, 7) is 3.72. The maximum Gasteiger partial charge on any atom is 0.338 e. The second-order valence-electron chi connectivity index (χ2n) is 3.40. The van der Waals surface area contributed by atoms with Gasteiger partial charge >= 0.3 is 5.97 Å². The van der Waals surface area contributed by atoms with E-state index >= 15 is 0 Å². The summed E-state index contributed by atoms with van der Waals surface area (Å²) in [7, 11) is 0. The van der Waals surface area contributed by atoms with Crippen molar-refractivity contribution in [2.75, 3.05) is 6.61 Å². The highest BCUT2D eigenvalue weighted by Crippen LogP contribution is 2.21. The SMILES string of the molecule is CCOC(=O)c1ccc(Cl)c(C(=O)C(C)Br)c1. The molecule has 0 aliphatic heterocycles. The average molecular weight is 320 g/mol. The molecule has 0 heterocycles. The minimum absolute atomic E-state index is 0.166. The van der Waals surface area contributed by atoms with E-state index in [0.717, 1.165) is 0 Å². The molecular weight excluding hydrogens is 307 g/mol. The van der Waals surface area contributed by atoms with Gasteiger partial charge in [-0.25, -0.2) is 4.79 Å². The van der Waals surface area contributed by atoms with Crippen LogP contribution in [0, 0.1) is 0 Å². The van der Waals surface area contributed by atoms with Gasteiger partial charge in [-0.2, -0.15) is 0 Å². The number of carbonyl (C=O) groups excluding carboxylic acids is 2. The first-order valence-corrected chi connectivity index (χ1v) is 6.41. The molecular formula is C12H12BrClO3. The molecule has 0 aliphatic carbocycles. The van der Waals surface area contributed by atoms with E-state index < -0.39 is 5.97 Å². The maximum atomic E-state index is 11.8. The third-order valence-electron chi connectivity index (χ3n) is 2.10. The van der Waals surface area contributed by atoms with Crippen LogP contribution in [0.2, 0.25) is 5.02 Å². The van der Waals surface area contributed by atoms with Gasteiger partial charge in [0.1, 0.15) is 0 Å². The molecule has 5 heteroatoms. The van der Waals surface area contributed by atoms with Gasteiger partial charge in [0, 0.05) is 5.56 Å². The van der Waals surface area contributed by atoms with Crippen LogP contribution >= 0.6 is 27.5 Å². The second kappa shape index (κ2) is 6.17. The zero-order valence-electron chi connectivity index (χ0n) is 9.50. The van der Waals surface area contributed by atoms with Crippen molar-refractivity contribution in [3.05, 3.63) is 34.3 Å². The normalized spacial score (nSPS) is 12.0. The van der Waals surface area contributed by atoms with Gasteiger partial charge in [0.25, 0.3) is 0 Å². The molecule has 1 aromatic rings. The van der Waals surface area contributed by atoms with Gasteiger partial charge in [0.15, 0.2) is 5.78 Å². The van der Waals surface area contributed by atoms with E-state index in [2.05, 4.69) is 15.9 Å². The Labute approximate surface area is 113 Å². The van der Waals surface area contributed by atoms with Crippen molar-refractivity contribution in [3.63, 3.8) is 0 Å². The van der Waals surface area contributed by atoms with Gasteiger partial charge in [-0.1, -0.05) is 27.5 Å². The van der Waals surface area contributed by atoms with Crippen LogP contribution in [-0.2, 0) is 4.74 Å². The fourth-order valence-corrected chi connectivity index (χ4v) is 1.73. The Morgan fingerprint density at radius 3 is 2.65 bits per heavy atom. The lowest BCUT2D eigenvalue weighted by molar-refractivity contribution is 0.0526. The van der Waals surface area contributed by atoms with Crippen molar-refractivity contribution < 1.29 is 14.3 Å². The molecule has 0 saturated heterocycles. The molecule has 92 valence electrons. The minimum atomic E-state index is -0.458. The summed E-state index contributed by atoms with van der Waals surface area (Å²) in [6.07, 6.45) is 0. The molecule has 17 heavy (non-hydrogen) atoms. The van der Waals surface area contributed by atoms with Crippen LogP contribution in [-0.4, -0.2) is 23.2 Å². The van der Waals surface area contributed by atoms with Crippen LogP contribution in [0.3, 0.4) is 0 Å². The summed E-state index contributed by atoms with van der Waals surface area (Å²) in [5.74, 6) is -0.624. The number of esters is 1. The molecule has 0 bridgehead atoms. The zero-order valence-corrected chi connectivity index (χ0v) is 11.8. The molecule has 1 rings (SSSR count). The Kier molecular flexibility index (Phi) is 5.15. The van der Waals surface area contributed by atoms with Gasteiger partial charge in [-0.05, 0) is 32.0 Å². The minimum Gasteiger partial charge on any atom is -0.462 e. The molecule has 0 amide bonds. The highest BCUT2D eigenvalue weighted by atomic mass is 79.9. The van der Waals surface area contributed by atoms with Crippen molar-refractivity contribution in [2.24, 2.45) is 0 Å². The van der Waals surface area contributed by atoms with Gasteiger partial charge in [-0.3, -0.25) is 4.79 Å². The average Bonchev–Trinajstić information content (AvgIpc) is 2.28. The molecule has 1 aromatic carbocycles. The third-order valence-corrected chi connectivity index (χ3v) is 2.85. The van der Waals surface area contributed by atoms with Crippen LogP contribution < -0.4 is 0 Å². The van der Waals surface area contributed by atoms with Crippen LogP contribution in [0.15, 0.2) is 18.2 Å². The predicted octanol–water partition coefficient (Wildman–Crippen LogP) is 3.48. The summed E-state index contributed by atoms with van der Waals surface area (Å²) in [6, 6.07) is 4.52. The lowest BCUT2D eigenvalue weighted by atomic mass is 10.1. The van der Waals surface area contributed by atoms with Gasteiger partial charge in [0.05, 0.1) is 22.0 Å². The summed E-state index contributed by atoms with van der Waals surface area (Å²) < 4.78 is 4.86. The Morgan fingerprint density at radius 2 is 2.12 bits per heavy atom. The summed E-state index contributed by atoms with van der Waals surface area (Å²) in [5.41, 5.74) is 0.648. The Morgan fingerprint density at radius 1 is 1.47 bits per heavy atom. The topological polar surface area (TPSA) is 43.4 Å². The molecule has 3 nitrogen and oxygen atoms in total. The molecule has 1 unspecified atom stereocenters. The Bertz CT molecular complexity index is 443. The van der Waals surface area contributed by atoms with E-state index in [1.54, 1.807) is 13.8 Å². The van der Waals surface area contributed by atoms with E-state index in [0.29, 0.717) is 22.8 Å². The van der Waals surface area contributed by atoms with Crippen LogP contribution in [0.4, 0.5) is 0 Å². The van der Waals surface area contributed by atoms with Crippen molar-refractivity contribution in [2.45, 2.75) is 18.7 Å². The fourth-order valence-electron chi connectivity index (χ4n) is 1.27. The number of ether oxygens (including phenoxy) is 1. The first kappa shape index (κ1) is 14.2. The largest absolute Gasteiger partial charge is 0.462 e. The fraction of sp³-hybridized carbons (Fsp3) is 0.333. The third kappa shape index (κ3) is 3.54. The molecule has 0 aromatic heterocycles.